The SMILES string of the molecule is COc1ncccc1CN1CCC(c2ccccc2)(c2csc(C)n2)CC1. The van der Waals surface area contributed by atoms with E-state index in [0.29, 0.717) is 0 Å². The van der Waals surface area contributed by atoms with E-state index < -0.39 is 0 Å². The molecular formula is C22H25N3OS. The summed E-state index contributed by atoms with van der Waals surface area (Å²) in [6.07, 6.45) is 3.93. The Morgan fingerprint density at radius 1 is 1.11 bits per heavy atom. The summed E-state index contributed by atoms with van der Waals surface area (Å²) >= 11 is 1.75. The number of hydrogen-bond donors (Lipinski definition) is 0. The van der Waals surface area contributed by atoms with Crippen molar-refractivity contribution in [1.82, 2.24) is 14.9 Å². The molecule has 0 radical (unpaired) electrons. The van der Waals surface area contributed by atoms with Crippen molar-refractivity contribution in [2.45, 2.75) is 31.7 Å². The summed E-state index contributed by atoms with van der Waals surface area (Å²) in [6.45, 7) is 5.03. The Morgan fingerprint density at radius 2 is 1.89 bits per heavy atom. The lowest BCUT2D eigenvalue weighted by Gasteiger charge is -2.41. The maximum Gasteiger partial charge on any atom is 0.217 e. The molecule has 27 heavy (non-hydrogen) atoms. The third-order valence-electron chi connectivity index (χ3n) is 5.58. The number of aryl methyl sites for hydroxylation is 1. The lowest BCUT2D eigenvalue weighted by Crippen LogP contribution is -2.43. The van der Waals surface area contributed by atoms with Gasteiger partial charge in [-0.2, -0.15) is 0 Å². The number of nitrogens with zero attached hydrogens (tertiary/aromatic N) is 3. The maximum absolute atomic E-state index is 5.42. The minimum atomic E-state index is 0.0154. The van der Waals surface area contributed by atoms with Crippen molar-refractivity contribution in [3.05, 3.63) is 75.9 Å². The molecule has 0 aliphatic carbocycles. The number of ether oxygens (including phenoxy) is 1. The highest BCUT2D eigenvalue weighted by Crippen LogP contribution is 2.42. The van der Waals surface area contributed by atoms with Crippen LogP contribution in [0.3, 0.4) is 0 Å². The normalized spacial score (nSPS) is 17.0. The Labute approximate surface area is 164 Å². The van der Waals surface area contributed by atoms with Gasteiger partial charge in [0.25, 0.3) is 0 Å². The van der Waals surface area contributed by atoms with Crippen LogP contribution in [0, 0.1) is 6.92 Å². The van der Waals surface area contributed by atoms with E-state index in [9.17, 15) is 0 Å². The first kappa shape index (κ1) is 18.1. The lowest BCUT2D eigenvalue weighted by atomic mass is 9.70. The van der Waals surface area contributed by atoms with Crippen molar-refractivity contribution < 1.29 is 4.74 Å². The molecule has 0 N–H and O–H groups in total. The molecule has 1 fully saturated rings. The van der Waals surface area contributed by atoms with Crippen LogP contribution in [0.25, 0.3) is 0 Å². The van der Waals surface area contributed by atoms with Crippen LogP contribution >= 0.6 is 11.3 Å². The number of benzene rings is 1. The fourth-order valence-electron chi connectivity index (χ4n) is 4.10. The van der Waals surface area contributed by atoms with E-state index in [2.05, 4.69) is 58.6 Å². The number of methoxy groups -OCH3 is 1. The van der Waals surface area contributed by atoms with Crippen LogP contribution in [-0.2, 0) is 12.0 Å². The average molecular weight is 380 g/mol. The van der Waals surface area contributed by atoms with Crippen LogP contribution in [0.1, 0.15) is 34.7 Å². The summed E-state index contributed by atoms with van der Waals surface area (Å²) < 4.78 is 5.42. The molecule has 0 atom stereocenters. The molecule has 0 unspecified atom stereocenters. The Balaban J connectivity index is 1.57. The molecule has 4 nitrogen and oxygen atoms in total. The third-order valence-corrected chi connectivity index (χ3v) is 6.36. The summed E-state index contributed by atoms with van der Waals surface area (Å²) in [5.74, 6) is 0.729. The highest BCUT2D eigenvalue weighted by molar-refractivity contribution is 7.09. The van der Waals surface area contributed by atoms with Gasteiger partial charge in [0.05, 0.1) is 17.8 Å². The molecule has 3 heterocycles. The van der Waals surface area contributed by atoms with Crippen LogP contribution in [0.4, 0.5) is 0 Å². The summed E-state index contributed by atoms with van der Waals surface area (Å²) in [6, 6.07) is 15.0. The van der Waals surface area contributed by atoms with Crippen LogP contribution in [0.5, 0.6) is 5.88 Å². The van der Waals surface area contributed by atoms with Gasteiger partial charge in [0.2, 0.25) is 5.88 Å². The van der Waals surface area contributed by atoms with Crippen molar-refractivity contribution in [2.24, 2.45) is 0 Å². The van der Waals surface area contributed by atoms with Gasteiger partial charge >= 0.3 is 0 Å². The predicted octanol–water partition coefficient (Wildman–Crippen LogP) is 4.44. The Morgan fingerprint density at radius 3 is 2.56 bits per heavy atom. The molecule has 0 bridgehead atoms. The molecule has 140 valence electrons. The number of hydrogen-bond acceptors (Lipinski definition) is 5. The molecule has 0 amide bonds. The van der Waals surface area contributed by atoms with Crippen molar-refractivity contribution in [3.8, 4) is 5.88 Å². The van der Waals surface area contributed by atoms with E-state index in [1.807, 2.05) is 6.07 Å². The smallest absolute Gasteiger partial charge is 0.217 e. The number of aromatic nitrogens is 2. The summed E-state index contributed by atoms with van der Waals surface area (Å²) in [5, 5.41) is 3.39. The van der Waals surface area contributed by atoms with Crippen LogP contribution in [0.2, 0.25) is 0 Å². The fourth-order valence-corrected chi connectivity index (χ4v) is 4.81. The predicted molar refractivity (Wildman–Crippen MR) is 109 cm³/mol. The zero-order valence-corrected chi connectivity index (χ0v) is 16.7. The van der Waals surface area contributed by atoms with Crippen molar-refractivity contribution >= 4 is 11.3 Å². The largest absolute Gasteiger partial charge is 0.481 e. The first-order chi connectivity index (χ1) is 13.2. The van der Waals surface area contributed by atoms with Gasteiger partial charge in [0.15, 0.2) is 0 Å². The molecule has 1 saturated heterocycles. The van der Waals surface area contributed by atoms with Crippen LogP contribution in [-0.4, -0.2) is 35.1 Å². The van der Waals surface area contributed by atoms with Gasteiger partial charge in [0.1, 0.15) is 0 Å². The molecule has 1 aliphatic heterocycles. The van der Waals surface area contributed by atoms with Crippen LogP contribution < -0.4 is 4.74 Å². The zero-order valence-electron chi connectivity index (χ0n) is 15.9. The van der Waals surface area contributed by atoms with Gasteiger partial charge in [-0.05, 0) is 44.5 Å². The topological polar surface area (TPSA) is 38.2 Å². The van der Waals surface area contributed by atoms with E-state index in [0.717, 1.165) is 48.9 Å². The van der Waals surface area contributed by atoms with E-state index >= 15 is 0 Å². The third kappa shape index (κ3) is 3.62. The Kier molecular flexibility index (Phi) is 5.23. The van der Waals surface area contributed by atoms with Crippen LogP contribution in [0.15, 0.2) is 54.0 Å². The summed E-state index contributed by atoms with van der Waals surface area (Å²) in [5.41, 5.74) is 3.78. The Hall–Kier alpha value is -2.24. The van der Waals surface area contributed by atoms with E-state index in [1.54, 1.807) is 24.6 Å². The summed E-state index contributed by atoms with van der Waals surface area (Å²) in [7, 11) is 1.69. The van der Waals surface area contributed by atoms with Gasteiger partial charge in [-0.3, -0.25) is 4.90 Å². The van der Waals surface area contributed by atoms with Crippen molar-refractivity contribution in [1.29, 1.82) is 0 Å². The van der Waals surface area contributed by atoms with Gasteiger partial charge in [-0.15, -0.1) is 11.3 Å². The number of piperidine rings is 1. The number of likely N-dealkylation sites (tertiary alicyclic amines) is 1. The second-order valence-electron chi connectivity index (χ2n) is 7.15. The summed E-state index contributed by atoms with van der Waals surface area (Å²) in [4.78, 5) is 11.7. The highest BCUT2D eigenvalue weighted by Gasteiger charge is 2.39. The van der Waals surface area contributed by atoms with Gasteiger partial charge < -0.3 is 4.74 Å². The minimum absolute atomic E-state index is 0.0154. The molecule has 0 saturated carbocycles. The van der Waals surface area contributed by atoms with E-state index in [4.69, 9.17) is 9.72 Å². The zero-order chi connectivity index (χ0) is 18.7. The fraction of sp³-hybridized carbons (Fsp3) is 0.364. The quantitative estimate of drug-likeness (QED) is 0.657. The monoisotopic (exact) mass is 379 g/mol. The molecule has 1 aromatic carbocycles. The molecule has 2 aromatic heterocycles. The first-order valence-corrected chi connectivity index (χ1v) is 10.3. The second kappa shape index (κ2) is 7.79. The molecule has 0 spiro atoms. The van der Waals surface area contributed by atoms with Gasteiger partial charge in [0, 0.05) is 29.1 Å². The average Bonchev–Trinajstić information content (AvgIpc) is 3.17. The van der Waals surface area contributed by atoms with E-state index in [-0.39, 0.29) is 5.41 Å². The van der Waals surface area contributed by atoms with Crippen molar-refractivity contribution in [2.75, 3.05) is 20.2 Å². The first-order valence-electron chi connectivity index (χ1n) is 9.40. The molecular weight excluding hydrogens is 354 g/mol. The maximum atomic E-state index is 5.42. The molecule has 4 rings (SSSR count). The number of thiazole rings is 1. The highest BCUT2D eigenvalue weighted by atomic mass is 32.1. The molecule has 3 aromatic rings. The Bertz CT molecular complexity index is 885. The van der Waals surface area contributed by atoms with Gasteiger partial charge in [-0.25, -0.2) is 9.97 Å². The minimum Gasteiger partial charge on any atom is -0.481 e. The van der Waals surface area contributed by atoms with Crippen molar-refractivity contribution in [3.63, 3.8) is 0 Å². The van der Waals surface area contributed by atoms with Gasteiger partial charge in [-0.1, -0.05) is 36.4 Å². The molecule has 5 heteroatoms. The second-order valence-corrected chi connectivity index (χ2v) is 8.21. The molecule has 1 aliphatic rings. The standard InChI is InChI=1S/C22H25N3OS/c1-17-24-20(16-27-17)22(19-8-4-3-5-9-19)10-13-25(14-11-22)15-18-7-6-12-23-21(18)26-2/h3-9,12,16H,10-11,13-15H2,1-2H3. The number of pyridine rings is 1. The van der Waals surface area contributed by atoms with E-state index in [1.165, 1.54) is 11.3 Å². The lowest BCUT2D eigenvalue weighted by molar-refractivity contribution is 0.168. The number of rotatable bonds is 5.